The van der Waals surface area contributed by atoms with Gasteiger partial charge in [0.25, 0.3) is 0 Å². The SMILES string of the molecule is Cc1cccc(F)c1Nc1ccc(C(N)=S)cc1Br. The van der Waals surface area contributed by atoms with Crippen LogP contribution in [0.3, 0.4) is 0 Å². The average Bonchev–Trinajstić information content (AvgIpc) is 2.35. The zero-order valence-corrected chi connectivity index (χ0v) is 12.6. The minimum atomic E-state index is -0.287. The number of halogens is 2. The summed E-state index contributed by atoms with van der Waals surface area (Å²) in [6, 6.07) is 10.4. The Labute approximate surface area is 124 Å². The number of rotatable bonds is 3. The molecule has 0 unspecified atom stereocenters. The average molecular weight is 339 g/mol. The van der Waals surface area contributed by atoms with E-state index in [1.165, 1.54) is 6.07 Å². The second kappa shape index (κ2) is 5.67. The van der Waals surface area contributed by atoms with Crippen LogP contribution in [0.2, 0.25) is 0 Å². The molecule has 0 saturated heterocycles. The normalized spacial score (nSPS) is 10.3. The Morgan fingerprint density at radius 3 is 2.63 bits per heavy atom. The van der Waals surface area contributed by atoms with Crippen LogP contribution in [-0.4, -0.2) is 4.99 Å². The predicted molar refractivity (Wildman–Crippen MR) is 84.4 cm³/mol. The summed E-state index contributed by atoms with van der Waals surface area (Å²) >= 11 is 8.33. The van der Waals surface area contributed by atoms with Crippen molar-refractivity contribution >= 4 is 44.5 Å². The van der Waals surface area contributed by atoms with Gasteiger partial charge in [0.1, 0.15) is 10.8 Å². The molecule has 2 aromatic carbocycles. The molecule has 5 heteroatoms. The summed E-state index contributed by atoms with van der Waals surface area (Å²) in [6.07, 6.45) is 0. The molecular weight excluding hydrogens is 327 g/mol. The van der Waals surface area contributed by atoms with E-state index in [1.807, 2.05) is 19.1 Å². The third kappa shape index (κ3) is 3.11. The van der Waals surface area contributed by atoms with Crippen molar-refractivity contribution in [1.29, 1.82) is 0 Å². The third-order valence-corrected chi connectivity index (χ3v) is 3.63. The zero-order valence-electron chi connectivity index (χ0n) is 10.2. The highest BCUT2D eigenvalue weighted by Gasteiger charge is 2.08. The summed E-state index contributed by atoms with van der Waals surface area (Å²) < 4.78 is 14.5. The Morgan fingerprint density at radius 1 is 1.32 bits per heavy atom. The number of hydrogen-bond donors (Lipinski definition) is 2. The Hall–Kier alpha value is -1.46. The van der Waals surface area contributed by atoms with Crippen LogP contribution >= 0.6 is 28.1 Å². The van der Waals surface area contributed by atoms with E-state index in [4.69, 9.17) is 18.0 Å². The first-order valence-electron chi connectivity index (χ1n) is 5.60. The number of anilines is 2. The molecule has 0 atom stereocenters. The Kier molecular flexibility index (Phi) is 4.17. The quantitative estimate of drug-likeness (QED) is 0.820. The molecule has 0 aliphatic carbocycles. The van der Waals surface area contributed by atoms with E-state index in [1.54, 1.807) is 18.2 Å². The predicted octanol–water partition coefficient (Wildman–Crippen LogP) is 4.27. The third-order valence-electron chi connectivity index (χ3n) is 2.74. The molecule has 2 nitrogen and oxygen atoms in total. The van der Waals surface area contributed by atoms with E-state index < -0.39 is 0 Å². The highest BCUT2D eigenvalue weighted by atomic mass is 79.9. The molecule has 19 heavy (non-hydrogen) atoms. The van der Waals surface area contributed by atoms with Crippen LogP contribution in [0.15, 0.2) is 40.9 Å². The highest BCUT2D eigenvalue weighted by molar-refractivity contribution is 9.10. The van der Waals surface area contributed by atoms with Crippen LogP contribution in [-0.2, 0) is 0 Å². The molecule has 0 spiro atoms. The van der Waals surface area contributed by atoms with Crippen molar-refractivity contribution < 1.29 is 4.39 Å². The molecule has 3 N–H and O–H groups in total. The molecular formula is C14H12BrFN2S. The highest BCUT2D eigenvalue weighted by Crippen LogP contribution is 2.29. The van der Waals surface area contributed by atoms with Crippen molar-refractivity contribution in [1.82, 2.24) is 0 Å². The van der Waals surface area contributed by atoms with E-state index in [2.05, 4.69) is 21.2 Å². The molecule has 0 heterocycles. The van der Waals surface area contributed by atoms with Crippen LogP contribution in [0.4, 0.5) is 15.8 Å². The Bertz CT molecular complexity index is 623. The van der Waals surface area contributed by atoms with E-state index >= 15 is 0 Å². The van der Waals surface area contributed by atoms with Gasteiger partial charge >= 0.3 is 0 Å². The first kappa shape index (κ1) is 14.0. The van der Waals surface area contributed by atoms with Gasteiger partial charge < -0.3 is 11.1 Å². The lowest BCUT2D eigenvalue weighted by molar-refractivity contribution is 0.631. The van der Waals surface area contributed by atoms with Crippen molar-refractivity contribution in [2.24, 2.45) is 5.73 Å². The summed E-state index contributed by atoms with van der Waals surface area (Å²) in [5.74, 6) is -0.287. The first-order valence-corrected chi connectivity index (χ1v) is 6.80. The van der Waals surface area contributed by atoms with Gasteiger partial charge in [-0.2, -0.15) is 0 Å². The monoisotopic (exact) mass is 338 g/mol. The molecule has 0 saturated carbocycles. The number of para-hydroxylation sites is 1. The van der Waals surface area contributed by atoms with Gasteiger partial charge in [0, 0.05) is 10.0 Å². The number of hydrogen-bond acceptors (Lipinski definition) is 2. The minimum Gasteiger partial charge on any atom is -0.389 e. The molecule has 0 aromatic heterocycles. The van der Waals surface area contributed by atoms with Crippen LogP contribution in [0.25, 0.3) is 0 Å². The smallest absolute Gasteiger partial charge is 0.146 e. The second-order valence-corrected chi connectivity index (χ2v) is 5.41. The van der Waals surface area contributed by atoms with Gasteiger partial charge in [0.05, 0.1) is 11.4 Å². The van der Waals surface area contributed by atoms with Gasteiger partial charge in [-0.15, -0.1) is 0 Å². The summed E-state index contributed by atoms with van der Waals surface area (Å²) in [6.45, 7) is 1.85. The lowest BCUT2D eigenvalue weighted by Gasteiger charge is -2.13. The summed E-state index contributed by atoms with van der Waals surface area (Å²) in [4.78, 5) is 0.328. The number of nitrogens with one attached hydrogen (secondary N) is 1. The van der Waals surface area contributed by atoms with Gasteiger partial charge in [-0.05, 0) is 52.7 Å². The van der Waals surface area contributed by atoms with Gasteiger partial charge in [-0.25, -0.2) is 4.39 Å². The van der Waals surface area contributed by atoms with Crippen molar-refractivity contribution in [3.05, 3.63) is 57.8 Å². The maximum Gasteiger partial charge on any atom is 0.146 e. The molecule has 0 radical (unpaired) electrons. The van der Waals surface area contributed by atoms with Crippen LogP contribution in [0.5, 0.6) is 0 Å². The molecule has 0 amide bonds. The largest absolute Gasteiger partial charge is 0.389 e. The second-order valence-electron chi connectivity index (χ2n) is 4.12. The van der Waals surface area contributed by atoms with Crippen molar-refractivity contribution in [2.75, 3.05) is 5.32 Å². The molecule has 98 valence electrons. The van der Waals surface area contributed by atoms with Gasteiger partial charge in [-0.3, -0.25) is 0 Å². The van der Waals surface area contributed by atoms with E-state index in [0.717, 1.165) is 21.3 Å². The lowest BCUT2D eigenvalue weighted by atomic mass is 10.1. The van der Waals surface area contributed by atoms with Gasteiger partial charge in [0.2, 0.25) is 0 Å². The fourth-order valence-corrected chi connectivity index (χ4v) is 2.30. The fraction of sp³-hybridized carbons (Fsp3) is 0.0714. The number of nitrogens with two attached hydrogens (primary N) is 1. The summed E-state index contributed by atoms with van der Waals surface area (Å²) in [5, 5.41) is 3.07. The van der Waals surface area contributed by atoms with Crippen LogP contribution in [0.1, 0.15) is 11.1 Å². The zero-order chi connectivity index (χ0) is 14.0. The Morgan fingerprint density at radius 2 is 2.05 bits per heavy atom. The summed E-state index contributed by atoms with van der Waals surface area (Å²) in [5.41, 5.74) is 8.39. The van der Waals surface area contributed by atoms with Crippen molar-refractivity contribution in [3.8, 4) is 0 Å². The Balaban J connectivity index is 2.36. The van der Waals surface area contributed by atoms with E-state index in [0.29, 0.717) is 10.7 Å². The number of benzene rings is 2. The lowest BCUT2D eigenvalue weighted by Crippen LogP contribution is -2.09. The minimum absolute atomic E-state index is 0.287. The van der Waals surface area contributed by atoms with Crippen molar-refractivity contribution in [2.45, 2.75) is 6.92 Å². The summed E-state index contributed by atoms with van der Waals surface area (Å²) in [7, 11) is 0. The standard InChI is InChI=1S/C14H12BrFN2S/c1-8-3-2-4-11(16)13(8)18-12-6-5-9(14(17)19)7-10(12)15/h2-7,18H,1H3,(H2,17,19). The van der Waals surface area contributed by atoms with Crippen LogP contribution in [0, 0.1) is 12.7 Å². The molecule has 0 aliphatic rings. The first-order chi connectivity index (χ1) is 8.99. The van der Waals surface area contributed by atoms with Gasteiger partial charge in [-0.1, -0.05) is 24.4 Å². The molecule has 2 rings (SSSR count). The van der Waals surface area contributed by atoms with Gasteiger partial charge in [0.15, 0.2) is 0 Å². The molecule has 0 bridgehead atoms. The fourth-order valence-electron chi connectivity index (χ4n) is 1.69. The van der Waals surface area contributed by atoms with Crippen molar-refractivity contribution in [3.63, 3.8) is 0 Å². The van der Waals surface area contributed by atoms with Crippen LogP contribution < -0.4 is 11.1 Å². The van der Waals surface area contributed by atoms with E-state index in [9.17, 15) is 4.39 Å². The van der Waals surface area contributed by atoms with E-state index in [-0.39, 0.29) is 5.82 Å². The topological polar surface area (TPSA) is 38.0 Å². The number of thiocarbonyl (C=S) groups is 1. The molecule has 0 fully saturated rings. The molecule has 0 aliphatic heterocycles. The molecule has 2 aromatic rings. The maximum atomic E-state index is 13.8. The number of aryl methyl sites for hydroxylation is 1. The maximum absolute atomic E-state index is 13.8.